The summed E-state index contributed by atoms with van der Waals surface area (Å²) in [5, 5.41) is 0. The molecule has 0 bridgehead atoms. The predicted octanol–water partition coefficient (Wildman–Crippen LogP) is 1.69. The lowest BCUT2D eigenvalue weighted by molar-refractivity contribution is 0.624. The van der Waals surface area contributed by atoms with Crippen LogP contribution in [0.5, 0.6) is 0 Å². The fraction of sp³-hybridized carbons (Fsp3) is 0.111. The first-order valence-corrected chi connectivity index (χ1v) is 4.02. The van der Waals surface area contributed by atoms with Crippen LogP contribution in [0.25, 0.3) is 0 Å². The van der Waals surface area contributed by atoms with Crippen LogP contribution in [0.15, 0.2) is 18.2 Å². The van der Waals surface area contributed by atoms with E-state index >= 15 is 0 Å². The first-order valence-electron chi connectivity index (χ1n) is 3.39. The Morgan fingerprint density at radius 1 is 1.50 bits per heavy atom. The lowest BCUT2D eigenvalue weighted by Crippen LogP contribution is -1.89. The molecule has 0 heterocycles. The average molecular weight is 181 g/mol. The second kappa shape index (κ2) is 4.03. The highest BCUT2D eigenvalue weighted by Crippen LogP contribution is 2.10. The lowest BCUT2D eigenvalue weighted by Gasteiger charge is -1.95. The van der Waals surface area contributed by atoms with E-state index in [1.54, 1.807) is 0 Å². The Bertz CT molecular complexity index is 338. The van der Waals surface area contributed by atoms with Crippen LogP contribution >= 0.6 is 12.6 Å². The molecule has 0 unspecified atom stereocenters. The number of halogens is 1. The molecule has 0 fully saturated rings. The van der Waals surface area contributed by atoms with E-state index in [0.717, 1.165) is 0 Å². The Kier molecular flexibility index (Phi) is 3.01. The van der Waals surface area contributed by atoms with E-state index in [0.29, 0.717) is 17.0 Å². The van der Waals surface area contributed by atoms with Crippen LogP contribution < -0.4 is 5.73 Å². The Hall–Kier alpha value is -1.14. The zero-order chi connectivity index (χ0) is 8.97. The van der Waals surface area contributed by atoms with Gasteiger partial charge in [0.05, 0.1) is 11.3 Å². The van der Waals surface area contributed by atoms with Gasteiger partial charge in [-0.2, -0.15) is 12.6 Å². The van der Waals surface area contributed by atoms with Crippen LogP contribution in [0, 0.1) is 17.7 Å². The van der Waals surface area contributed by atoms with Gasteiger partial charge < -0.3 is 5.73 Å². The van der Waals surface area contributed by atoms with Gasteiger partial charge in [-0.1, -0.05) is 11.8 Å². The molecule has 1 nitrogen and oxygen atoms in total. The van der Waals surface area contributed by atoms with E-state index in [9.17, 15) is 4.39 Å². The summed E-state index contributed by atoms with van der Waals surface area (Å²) in [5.41, 5.74) is 6.28. The summed E-state index contributed by atoms with van der Waals surface area (Å²) >= 11 is 3.88. The largest absolute Gasteiger partial charge is 0.399 e. The maximum absolute atomic E-state index is 12.9. The van der Waals surface area contributed by atoms with Crippen molar-refractivity contribution in [2.75, 3.05) is 11.5 Å². The van der Waals surface area contributed by atoms with Crippen molar-refractivity contribution < 1.29 is 4.39 Å². The third-order valence-corrected chi connectivity index (χ3v) is 1.45. The maximum atomic E-state index is 12.9. The van der Waals surface area contributed by atoms with E-state index < -0.39 is 0 Å². The quantitative estimate of drug-likeness (QED) is 0.355. The van der Waals surface area contributed by atoms with Gasteiger partial charge in [-0.05, 0) is 18.2 Å². The average Bonchev–Trinajstić information content (AvgIpc) is 2.07. The van der Waals surface area contributed by atoms with Crippen LogP contribution in [0.3, 0.4) is 0 Å². The van der Waals surface area contributed by atoms with Crippen LogP contribution in [-0.4, -0.2) is 5.75 Å². The highest BCUT2D eigenvalue weighted by atomic mass is 32.1. The van der Waals surface area contributed by atoms with Gasteiger partial charge in [0.1, 0.15) is 5.82 Å². The third-order valence-electron chi connectivity index (χ3n) is 1.29. The van der Waals surface area contributed by atoms with Gasteiger partial charge in [0.25, 0.3) is 0 Å². The maximum Gasteiger partial charge on any atom is 0.138 e. The van der Waals surface area contributed by atoms with E-state index in [1.807, 2.05) is 0 Å². The summed E-state index contributed by atoms with van der Waals surface area (Å²) in [7, 11) is 0. The normalized spacial score (nSPS) is 8.83. The summed E-state index contributed by atoms with van der Waals surface area (Å²) in [5.74, 6) is 5.34. The van der Waals surface area contributed by atoms with Crippen molar-refractivity contribution in [3.05, 3.63) is 29.6 Å². The first kappa shape index (κ1) is 8.95. The molecule has 3 heteroatoms. The SMILES string of the molecule is Nc1ccc(F)c(C#CCS)c1. The number of anilines is 1. The van der Waals surface area contributed by atoms with Crippen molar-refractivity contribution >= 4 is 18.3 Å². The third kappa shape index (κ3) is 2.18. The fourth-order valence-corrected chi connectivity index (χ4v) is 0.852. The molecule has 0 amide bonds. The molecular formula is C9H8FNS. The van der Waals surface area contributed by atoms with Gasteiger partial charge in [0.15, 0.2) is 0 Å². The molecule has 0 spiro atoms. The number of hydrogen-bond donors (Lipinski definition) is 2. The predicted molar refractivity (Wildman–Crippen MR) is 51.5 cm³/mol. The van der Waals surface area contributed by atoms with Crippen LogP contribution in [0.2, 0.25) is 0 Å². The van der Waals surface area contributed by atoms with Crippen LogP contribution in [0.4, 0.5) is 10.1 Å². The number of nitrogen functional groups attached to an aromatic ring is 1. The lowest BCUT2D eigenvalue weighted by atomic mass is 10.2. The molecule has 0 aliphatic rings. The summed E-state index contributed by atoms with van der Waals surface area (Å²) in [6, 6.07) is 4.31. The van der Waals surface area contributed by atoms with Crippen molar-refractivity contribution in [1.29, 1.82) is 0 Å². The number of thiol groups is 1. The Morgan fingerprint density at radius 3 is 2.92 bits per heavy atom. The first-order chi connectivity index (χ1) is 5.74. The van der Waals surface area contributed by atoms with Gasteiger partial charge in [-0.25, -0.2) is 4.39 Å². The molecule has 2 N–H and O–H groups in total. The molecule has 1 aromatic carbocycles. The highest BCUT2D eigenvalue weighted by Gasteiger charge is 1.97. The smallest absolute Gasteiger partial charge is 0.138 e. The van der Waals surface area contributed by atoms with Crippen molar-refractivity contribution in [3.8, 4) is 11.8 Å². The molecule has 0 aliphatic heterocycles. The Labute approximate surface area is 76.2 Å². The summed E-state index contributed by atoms with van der Waals surface area (Å²) in [4.78, 5) is 0. The number of nitrogens with two attached hydrogens (primary N) is 1. The molecular weight excluding hydrogens is 173 g/mol. The zero-order valence-electron chi connectivity index (χ0n) is 6.34. The van der Waals surface area contributed by atoms with Gasteiger partial charge >= 0.3 is 0 Å². The molecule has 0 aliphatic carbocycles. The van der Waals surface area contributed by atoms with Crippen molar-refractivity contribution in [2.24, 2.45) is 0 Å². The second-order valence-corrected chi connectivity index (χ2v) is 2.52. The van der Waals surface area contributed by atoms with E-state index in [4.69, 9.17) is 5.73 Å². The second-order valence-electron chi connectivity index (χ2n) is 2.20. The zero-order valence-corrected chi connectivity index (χ0v) is 7.24. The number of benzene rings is 1. The summed E-state index contributed by atoms with van der Waals surface area (Å²) in [6.45, 7) is 0. The van der Waals surface area contributed by atoms with Gasteiger partial charge in [0, 0.05) is 5.69 Å². The van der Waals surface area contributed by atoms with Gasteiger partial charge in [0.2, 0.25) is 0 Å². The summed E-state index contributed by atoms with van der Waals surface area (Å²) in [6.07, 6.45) is 0. The fourth-order valence-electron chi connectivity index (χ4n) is 0.773. The van der Waals surface area contributed by atoms with Gasteiger partial charge in [-0.15, -0.1) is 0 Å². The van der Waals surface area contributed by atoms with Crippen LogP contribution in [-0.2, 0) is 0 Å². The minimum Gasteiger partial charge on any atom is -0.399 e. The number of hydrogen-bond acceptors (Lipinski definition) is 2. The number of rotatable bonds is 0. The van der Waals surface area contributed by atoms with Crippen molar-refractivity contribution in [1.82, 2.24) is 0 Å². The van der Waals surface area contributed by atoms with Gasteiger partial charge in [-0.3, -0.25) is 0 Å². The minimum absolute atomic E-state index is 0.323. The Morgan fingerprint density at radius 2 is 2.25 bits per heavy atom. The van der Waals surface area contributed by atoms with Crippen molar-refractivity contribution in [3.63, 3.8) is 0 Å². The Balaban J connectivity index is 3.05. The molecule has 1 rings (SSSR count). The molecule has 0 radical (unpaired) electrons. The monoisotopic (exact) mass is 181 g/mol. The molecule has 12 heavy (non-hydrogen) atoms. The van der Waals surface area contributed by atoms with E-state index in [2.05, 4.69) is 24.5 Å². The molecule has 0 saturated carbocycles. The molecule has 1 aromatic rings. The summed E-state index contributed by atoms with van der Waals surface area (Å²) < 4.78 is 12.9. The molecule has 0 aromatic heterocycles. The van der Waals surface area contributed by atoms with E-state index in [-0.39, 0.29) is 5.82 Å². The highest BCUT2D eigenvalue weighted by molar-refractivity contribution is 7.80. The standard InChI is InChI=1S/C9H8FNS/c10-9-4-3-8(11)6-7(9)2-1-5-12/h3-4,6,12H,5,11H2. The van der Waals surface area contributed by atoms with Crippen molar-refractivity contribution in [2.45, 2.75) is 0 Å². The van der Waals surface area contributed by atoms with Crippen LogP contribution in [0.1, 0.15) is 5.56 Å². The molecule has 0 saturated heterocycles. The molecule has 0 atom stereocenters. The minimum atomic E-state index is -0.349. The van der Waals surface area contributed by atoms with E-state index in [1.165, 1.54) is 18.2 Å². The topological polar surface area (TPSA) is 26.0 Å². The molecule has 62 valence electrons.